The number of aromatic nitrogens is 1. The summed E-state index contributed by atoms with van der Waals surface area (Å²) < 4.78 is 26.1. The summed E-state index contributed by atoms with van der Waals surface area (Å²) in [4.78, 5) is 28.4. The standard InChI is InChI=1S/C16H14F2N2O2/c17-12-4-3-10(8-13(12)18)9-14(21)20-7-1-2-11-5-6-19-16(22)15(11)20/h3-6,8H,1-2,7,9H2,(H,19,22). The van der Waals surface area contributed by atoms with Crippen LogP contribution in [0.2, 0.25) is 0 Å². The van der Waals surface area contributed by atoms with Crippen molar-refractivity contribution in [1.29, 1.82) is 0 Å². The maximum Gasteiger partial charge on any atom is 0.272 e. The smallest absolute Gasteiger partial charge is 0.272 e. The molecule has 1 aromatic heterocycles. The molecule has 0 saturated carbocycles. The summed E-state index contributed by atoms with van der Waals surface area (Å²) >= 11 is 0. The first-order valence-corrected chi connectivity index (χ1v) is 7.01. The van der Waals surface area contributed by atoms with Gasteiger partial charge in [-0.05, 0) is 42.2 Å². The Morgan fingerprint density at radius 3 is 2.82 bits per heavy atom. The second-order valence-electron chi connectivity index (χ2n) is 5.25. The number of hydrogen-bond acceptors (Lipinski definition) is 2. The van der Waals surface area contributed by atoms with Crippen molar-refractivity contribution >= 4 is 11.6 Å². The minimum Gasteiger partial charge on any atom is -0.327 e. The minimum absolute atomic E-state index is 0.0784. The van der Waals surface area contributed by atoms with Crippen LogP contribution in [-0.4, -0.2) is 17.4 Å². The molecule has 0 spiro atoms. The molecular formula is C16H14F2N2O2. The SMILES string of the molecule is O=C(Cc1ccc(F)c(F)c1)N1CCCc2cc[nH]c(=O)c21. The van der Waals surface area contributed by atoms with Crippen molar-refractivity contribution in [2.75, 3.05) is 11.4 Å². The second kappa shape index (κ2) is 5.71. The molecule has 0 atom stereocenters. The molecule has 2 aromatic rings. The first-order valence-electron chi connectivity index (χ1n) is 7.01. The lowest BCUT2D eigenvalue weighted by atomic mass is 10.0. The summed E-state index contributed by atoms with van der Waals surface area (Å²) in [6.07, 6.45) is 2.99. The monoisotopic (exact) mass is 304 g/mol. The van der Waals surface area contributed by atoms with Gasteiger partial charge in [0.25, 0.3) is 5.56 Å². The summed E-state index contributed by atoms with van der Waals surface area (Å²) in [6.45, 7) is 0.447. The number of carbonyl (C=O) groups excluding carboxylic acids is 1. The Hall–Kier alpha value is -2.50. The molecule has 22 heavy (non-hydrogen) atoms. The largest absolute Gasteiger partial charge is 0.327 e. The number of anilines is 1. The van der Waals surface area contributed by atoms with Crippen LogP contribution in [0.25, 0.3) is 0 Å². The zero-order chi connectivity index (χ0) is 15.7. The number of pyridine rings is 1. The number of hydrogen-bond donors (Lipinski definition) is 1. The van der Waals surface area contributed by atoms with Gasteiger partial charge in [-0.2, -0.15) is 0 Å². The highest BCUT2D eigenvalue weighted by Crippen LogP contribution is 2.23. The normalized spacial score (nSPS) is 13.8. The van der Waals surface area contributed by atoms with Gasteiger partial charge in [-0.15, -0.1) is 0 Å². The molecule has 0 radical (unpaired) electrons. The van der Waals surface area contributed by atoms with E-state index in [-0.39, 0.29) is 17.9 Å². The Morgan fingerprint density at radius 1 is 1.23 bits per heavy atom. The van der Waals surface area contributed by atoms with E-state index in [1.165, 1.54) is 11.0 Å². The number of nitrogens with one attached hydrogen (secondary N) is 1. The fourth-order valence-electron chi connectivity index (χ4n) is 2.72. The van der Waals surface area contributed by atoms with E-state index in [0.29, 0.717) is 17.8 Å². The molecule has 4 nitrogen and oxygen atoms in total. The van der Waals surface area contributed by atoms with Crippen LogP contribution in [0.1, 0.15) is 17.5 Å². The molecule has 0 aliphatic carbocycles. The number of nitrogens with zero attached hydrogens (tertiary/aromatic N) is 1. The first-order chi connectivity index (χ1) is 10.6. The molecule has 0 saturated heterocycles. The zero-order valence-corrected chi connectivity index (χ0v) is 11.7. The predicted octanol–water partition coefficient (Wildman–Crippen LogP) is 2.18. The molecule has 0 unspecified atom stereocenters. The van der Waals surface area contributed by atoms with Crippen molar-refractivity contribution in [1.82, 2.24) is 4.98 Å². The number of carbonyl (C=O) groups is 1. The number of benzene rings is 1. The summed E-state index contributed by atoms with van der Waals surface area (Å²) in [5.41, 5.74) is 1.26. The lowest BCUT2D eigenvalue weighted by Gasteiger charge is -2.28. The van der Waals surface area contributed by atoms with Crippen LogP contribution in [0.5, 0.6) is 0 Å². The molecular weight excluding hydrogens is 290 g/mol. The quantitative estimate of drug-likeness (QED) is 0.924. The Bertz CT molecular complexity index is 786. The number of aromatic amines is 1. The second-order valence-corrected chi connectivity index (χ2v) is 5.25. The maximum atomic E-state index is 13.2. The molecule has 1 amide bonds. The summed E-state index contributed by atoms with van der Waals surface area (Å²) in [6, 6.07) is 5.16. The van der Waals surface area contributed by atoms with Gasteiger partial charge in [-0.3, -0.25) is 9.59 Å². The van der Waals surface area contributed by atoms with Gasteiger partial charge in [0.1, 0.15) is 5.69 Å². The zero-order valence-electron chi connectivity index (χ0n) is 11.7. The average Bonchev–Trinajstić information content (AvgIpc) is 2.51. The molecule has 2 heterocycles. The molecule has 1 aromatic carbocycles. The number of fused-ring (bicyclic) bond motifs is 1. The third-order valence-electron chi connectivity index (χ3n) is 3.76. The number of halogens is 2. The van der Waals surface area contributed by atoms with E-state index in [0.717, 1.165) is 30.5 Å². The molecule has 0 fully saturated rings. The van der Waals surface area contributed by atoms with Crippen molar-refractivity contribution < 1.29 is 13.6 Å². The van der Waals surface area contributed by atoms with Crippen molar-refractivity contribution in [2.24, 2.45) is 0 Å². The molecule has 1 aliphatic heterocycles. The predicted molar refractivity (Wildman–Crippen MR) is 77.8 cm³/mol. The van der Waals surface area contributed by atoms with E-state index in [1.54, 1.807) is 12.3 Å². The van der Waals surface area contributed by atoms with Gasteiger partial charge in [-0.1, -0.05) is 6.07 Å². The van der Waals surface area contributed by atoms with Crippen LogP contribution in [-0.2, 0) is 17.6 Å². The molecule has 114 valence electrons. The van der Waals surface area contributed by atoms with Gasteiger partial charge < -0.3 is 9.88 Å². The van der Waals surface area contributed by atoms with E-state index in [4.69, 9.17) is 0 Å². The van der Waals surface area contributed by atoms with Crippen molar-refractivity contribution in [3.05, 3.63) is 63.6 Å². The topological polar surface area (TPSA) is 53.2 Å². The minimum atomic E-state index is -0.984. The van der Waals surface area contributed by atoms with Crippen molar-refractivity contribution in [3.63, 3.8) is 0 Å². The van der Waals surface area contributed by atoms with Gasteiger partial charge in [0.15, 0.2) is 11.6 Å². The van der Waals surface area contributed by atoms with Crippen LogP contribution in [0.15, 0.2) is 35.3 Å². The Balaban J connectivity index is 1.88. The van der Waals surface area contributed by atoms with E-state index in [1.807, 2.05) is 0 Å². The molecule has 1 N–H and O–H groups in total. The third-order valence-corrected chi connectivity index (χ3v) is 3.76. The fraction of sp³-hybridized carbons (Fsp3) is 0.250. The van der Waals surface area contributed by atoms with E-state index < -0.39 is 11.6 Å². The van der Waals surface area contributed by atoms with Crippen LogP contribution in [0.4, 0.5) is 14.5 Å². The highest BCUT2D eigenvalue weighted by molar-refractivity contribution is 5.95. The maximum absolute atomic E-state index is 13.2. The van der Waals surface area contributed by atoms with Gasteiger partial charge in [-0.25, -0.2) is 8.78 Å². The Morgan fingerprint density at radius 2 is 2.05 bits per heavy atom. The average molecular weight is 304 g/mol. The van der Waals surface area contributed by atoms with E-state index >= 15 is 0 Å². The van der Waals surface area contributed by atoms with E-state index in [9.17, 15) is 18.4 Å². The highest BCUT2D eigenvalue weighted by Gasteiger charge is 2.25. The fourth-order valence-corrected chi connectivity index (χ4v) is 2.72. The third kappa shape index (κ3) is 2.64. The Kier molecular flexibility index (Phi) is 3.75. The summed E-state index contributed by atoms with van der Waals surface area (Å²) in [5, 5.41) is 0. The van der Waals surface area contributed by atoms with E-state index in [2.05, 4.69) is 4.98 Å². The van der Waals surface area contributed by atoms with Crippen LogP contribution in [0, 0.1) is 11.6 Å². The lowest BCUT2D eigenvalue weighted by Crippen LogP contribution is -2.40. The number of rotatable bonds is 2. The van der Waals surface area contributed by atoms with Crippen molar-refractivity contribution in [2.45, 2.75) is 19.3 Å². The van der Waals surface area contributed by atoms with Crippen molar-refractivity contribution in [3.8, 4) is 0 Å². The van der Waals surface area contributed by atoms with Gasteiger partial charge >= 0.3 is 0 Å². The molecule has 0 bridgehead atoms. The van der Waals surface area contributed by atoms with Crippen LogP contribution >= 0.6 is 0 Å². The van der Waals surface area contributed by atoms with Crippen LogP contribution in [0.3, 0.4) is 0 Å². The lowest BCUT2D eigenvalue weighted by molar-refractivity contribution is -0.118. The number of aryl methyl sites for hydroxylation is 1. The summed E-state index contributed by atoms with van der Waals surface area (Å²) in [5.74, 6) is -2.23. The van der Waals surface area contributed by atoms with Gasteiger partial charge in [0.05, 0.1) is 6.42 Å². The molecule has 6 heteroatoms. The Labute approximate surface area is 125 Å². The summed E-state index contributed by atoms with van der Waals surface area (Å²) in [7, 11) is 0. The van der Waals surface area contributed by atoms with Gasteiger partial charge in [0.2, 0.25) is 5.91 Å². The highest BCUT2D eigenvalue weighted by atomic mass is 19.2. The number of amides is 1. The first kappa shape index (κ1) is 14.4. The van der Waals surface area contributed by atoms with Gasteiger partial charge in [0, 0.05) is 12.7 Å². The molecule has 3 rings (SSSR count). The molecule has 1 aliphatic rings. The number of H-pyrrole nitrogens is 1. The van der Waals surface area contributed by atoms with Crippen LogP contribution < -0.4 is 10.5 Å².